The van der Waals surface area contributed by atoms with Gasteiger partial charge in [0.15, 0.2) is 0 Å². The van der Waals surface area contributed by atoms with Crippen LogP contribution in [0.3, 0.4) is 0 Å². The molecule has 5 heteroatoms. The number of nitrogens with zero attached hydrogens (tertiary/aromatic N) is 2. The van der Waals surface area contributed by atoms with E-state index in [0.717, 1.165) is 37.8 Å². The lowest BCUT2D eigenvalue weighted by molar-refractivity contribution is -0.134. The molecular formula is C12H20N4O. The first-order valence-corrected chi connectivity index (χ1v) is 6.15. The molecule has 1 amide bonds. The lowest BCUT2D eigenvalue weighted by Crippen LogP contribution is -2.34. The van der Waals surface area contributed by atoms with Crippen LogP contribution in [0.5, 0.6) is 0 Å². The number of aromatic nitrogens is 2. The molecule has 2 atom stereocenters. The van der Waals surface area contributed by atoms with Gasteiger partial charge >= 0.3 is 0 Å². The normalized spacial score (nSPS) is 23.9. The summed E-state index contributed by atoms with van der Waals surface area (Å²) in [7, 11) is 1.87. The van der Waals surface area contributed by atoms with Crippen molar-refractivity contribution >= 4 is 5.91 Å². The van der Waals surface area contributed by atoms with Crippen molar-refractivity contribution in [2.45, 2.75) is 31.7 Å². The summed E-state index contributed by atoms with van der Waals surface area (Å²) >= 11 is 0. The van der Waals surface area contributed by atoms with Crippen LogP contribution in [0.25, 0.3) is 0 Å². The van der Waals surface area contributed by atoms with Gasteiger partial charge in [-0.15, -0.1) is 0 Å². The van der Waals surface area contributed by atoms with E-state index in [0.29, 0.717) is 0 Å². The minimum atomic E-state index is 0.138. The molecule has 1 aromatic rings. The number of amides is 1. The van der Waals surface area contributed by atoms with E-state index in [1.54, 1.807) is 6.20 Å². The van der Waals surface area contributed by atoms with E-state index in [9.17, 15) is 4.79 Å². The predicted molar refractivity (Wildman–Crippen MR) is 65.2 cm³/mol. The third-order valence-corrected chi connectivity index (χ3v) is 3.49. The maximum Gasteiger partial charge on any atom is 0.225 e. The van der Waals surface area contributed by atoms with Gasteiger partial charge in [0.25, 0.3) is 0 Å². The van der Waals surface area contributed by atoms with Gasteiger partial charge < -0.3 is 10.6 Å². The largest absolute Gasteiger partial charge is 0.345 e. The Hall–Kier alpha value is -1.36. The SMILES string of the molecule is CN(CCc1cn[nH]c1)C(=O)C1CCC(N)C1. The Morgan fingerprint density at radius 2 is 2.47 bits per heavy atom. The van der Waals surface area contributed by atoms with Crippen molar-refractivity contribution in [3.63, 3.8) is 0 Å². The smallest absolute Gasteiger partial charge is 0.225 e. The van der Waals surface area contributed by atoms with Crippen molar-refractivity contribution in [2.75, 3.05) is 13.6 Å². The van der Waals surface area contributed by atoms with Crippen LogP contribution in [-0.2, 0) is 11.2 Å². The summed E-state index contributed by atoms with van der Waals surface area (Å²) in [4.78, 5) is 13.9. The lowest BCUT2D eigenvalue weighted by atomic mass is 10.1. The minimum Gasteiger partial charge on any atom is -0.345 e. The Bertz CT molecular complexity index is 363. The van der Waals surface area contributed by atoms with Gasteiger partial charge in [0.05, 0.1) is 6.20 Å². The summed E-state index contributed by atoms with van der Waals surface area (Å²) in [5.74, 6) is 0.376. The van der Waals surface area contributed by atoms with Gasteiger partial charge in [0, 0.05) is 31.7 Å². The first kappa shape index (κ1) is 12.1. The second-order valence-corrected chi connectivity index (χ2v) is 4.89. The summed E-state index contributed by atoms with van der Waals surface area (Å²) in [5.41, 5.74) is 6.96. The average molecular weight is 236 g/mol. The van der Waals surface area contributed by atoms with Crippen LogP contribution in [0.2, 0.25) is 0 Å². The zero-order chi connectivity index (χ0) is 12.3. The van der Waals surface area contributed by atoms with Crippen LogP contribution in [0, 0.1) is 5.92 Å². The molecule has 0 saturated heterocycles. The first-order valence-electron chi connectivity index (χ1n) is 6.15. The second-order valence-electron chi connectivity index (χ2n) is 4.89. The Labute approximate surface area is 101 Å². The number of aromatic amines is 1. The summed E-state index contributed by atoms with van der Waals surface area (Å²) in [5, 5.41) is 6.66. The van der Waals surface area contributed by atoms with Gasteiger partial charge in [-0.2, -0.15) is 5.10 Å². The first-order chi connectivity index (χ1) is 8.16. The van der Waals surface area contributed by atoms with Crippen molar-refractivity contribution in [1.29, 1.82) is 0 Å². The number of hydrogen-bond donors (Lipinski definition) is 2. The summed E-state index contributed by atoms with van der Waals surface area (Å²) in [6.45, 7) is 0.740. The van der Waals surface area contributed by atoms with Crippen LogP contribution in [-0.4, -0.2) is 40.6 Å². The Morgan fingerprint density at radius 1 is 1.65 bits per heavy atom. The number of nitrogens with one attached hydrogen (secondary N) is 1. The third kappa shape index (κ3) is 3.06. The number of carbonyl (C=O) groups excluding carboxylic acids is 1. The fourth-order valence-corrected chi connectivity index (χ4v) is 2.37. The molecule has 0 bridgehead atoms. The van der Waals surface area contributed by atoms with Crippen molar-refractivity contribution in [1.82, 2.24) is 15.1 Å². The van der Waals surface area contributed by atoms with Crippen molar-refractivity contribution < 1.29 is 4.79 Å². The summed E-state index contributed by atoms with van der Waals surface area (Å²) < 4.78 is 0. The lowest BCUT2D eigenvalue weighted by Gasteiger charge is -2.20. The summed E-state index contributed by atoms with van der Waals surface area (Å²) in [6.07, 6.45) is 7.27. The molecule has 0 radical (unpaired) electrons. The summed E-state index contributed by atoms with van der Waals surface area (Å²) in [6, 6.07) is 0.214. The number of rotatable bonds is 4. The van der Waals surface area contributed by atoms with Gasteiger partial charge in [0.2, 0.25) is 5.91 Å². The highest BCUT2D eigenvalue weighted by Gasteiger charge is 2.29. The molecule has 1 aliphatic rings. The Morgan fingerprint density at radius 3 is 3.06 bits per heavy atom. The molecule has 1 fully saturated rings. The number of H-pyrrole nitrogens is 1. The van der Waals surface area contributed by atoms with E-state index >= 15 is 0 Å². The molecular weight excluding hydrogens is 216 g/mol. The number of hydrogen-bond acceptors (Lipinski definition) is 3. The van der Waals surface area contributed by atoms with E-state index in [4.69, 9.17) is 5.73 Å². The molecule has 5 nitrogen and oxygen atoms in total. The van der Waals surface area contributed by atoms with Gasteiger partial charge in [-0.05, 0) is 31.2 Å². The molecule has 1 aromatic heterocycles. The average Bonchev–Trinajstić information content (AvgIpc) is 2.95. The molecule has 2 unspecified atom stereocenters. The number of carbonyl (C=O) groups is 1. The Balaban J connectivity index is 1.79. The molecule has 1 aliphatic carbocycles. The zero-order valence-electron chi connectivity index (χ0n) is 10.2. The molecule has 1 saturated carbocycles. The van der Waals surface area contributed by atoms with Crippen LogP contribution in [0.4, 0.5) is 0 Å². The zero-order valence-corrected chi connectivity index (χ0v) is 10.2. The van der Waals surface area contributed by atoms with Gasteiger partial charge in [-0.3, -0.25) is 9.89 Å². The van der Waals surface area contributed by atoms with Crippen molar-refractivity contribution in [2.24, 2.45) is 11.7 Å². The fraction of sp³-hybridized carbons (Fsp3) is 0.667. The van der Waals surface area contributed by atoms with Gasteiger partial charge in [0.1, 0.15) is 0 Å². The van der Waals surface area contributed by atoms with Gasteiger partial charge in [-0.25, -0.2) is 0 Å². The molecule has 0 aliphatic heterocycles. The van der Waals surface area contributed by atoms with Crippen LogP contribution >= 0.6 is 0 Å². The topological polar surface area (TPSA) is 75.0 Å². The highest BCUT2D eigenvalue weighted by atomic mass is 16.2. The second kappa shape index (κ2) is 5.31. The molecule has 0 spiro atoms. The standard InChI is InChI=1S/C12H20N4O/c1-16(5-4-9-7-14-15-8-9)12(17)10-2-3-11(13)6-10/h7-8,10-11H,2-6,13H2,1H3,(H,14,15). The molecule has 1 heterocycles. The van der Waals surface area contributed by atoms with Gasteiger partial charge in [-0.1, -0.05) is 0 Å². The van der Waals surface area contributed by atoms with E-state index < -0.39 is 0 Å². The predicted octanol–water partition coefficient (Wildman–Crippen LogP) is 0.538. The highest BCUT2D eigenvalue weighted by Crippen LogP contribution is 2.25. The molecule has 94 valence electrons. The van der Waals surface area contributed by atoms with Crippen LogP contribution in [0.1, 0.15) is 24.8 Å². The van der Waals surface area contributed by atoms with Crippen molar-refractivity contribution in [3.05, 3.63) is 18.0 Å². The molecule has 17 heavy (non-hydrogen) atoms. The van der Waals surface area contributed by atoms with E-state index in [1.807, 2.05) is 18.1 Å². The minimum absolute atomic E-state index is 0.138. The number of likely N-dealkylation sites (N-methyl/N-ethyl adjacent to an activating group) is 1. The third-order valence-electron chi connectivity index (χ3n) is 3.49. The van der Waals surface area contributed by atoms with Crippen LogP contribution in [0.15, 0.2) is 12.4 Å². The van der Waals surface area contributed by atoms with Crippen LogP contribution < -0.4 is 5.73 Å². The van der Waals surface area contributed by atoms with Crippen molar-refractivity contribution in [3.8, 4) is 0 Å². The maximum atomic E-state index is 12.1. The fourth-order valence-electron chi connectivity index (χ4n) is 2.37. The maximum absolute atomic E-state index is 12.1. The Kier molecular flexibility index (Phi) is 3.78. The molecule has 0 aromatic carbocycles. The molecule has 2 rings (SSSR count). The number of nitrogens with two attached hydrogens (primary N) is 1. The van der Waals surface area contributed by atoms with E-state index in [-0.39, 0.29) is 17.9 Å². The van der Waals surface area contributed by atoms with E-state index in [1.165, 1.54) is 0 Å². The quantitative estimate of drug-likeness (QED) is 0.801. The van der Waals surface area contributed by atoms with E-state index in [2.05, 4.69) is 10.2 Å². The monoisotopic (exact) mass is 236 g/mol. The molecule has 3 N–H and O–H groups in total. The highest BCUT2D eigenvalue weighted by molar-refractivity contribution is 5.78.